The van der Waals surface area contributed by atoms with E-state index in [-0.39, 0.29) is 5.41 Å². The summed E-state index contributed by atoms with van der Waals surface area (Å²) in [6.45, 7) is 6.55. The molecule has 2 N–H and O–H groups in total. The molecule has 0 bridgehead atoms. The van der Waals surface area contributed by atoms with Gasteiger partial charge in [-0.3, -0.25) is 0 Å². The van der Waals surface area contributed by atoms with Crippen molar-refractivity contribution in [2.24, 2.45) is 0 Å². The highest BCUT2D eigenvalue weighted by Gasteiger charge is 2.19. The van der Waals surface area contributed by atoms with Crippen LogP contribution in [0, 0.1) is 0 Å². The highest BCUT2D eigenvalue weighted by molar-refractivity contribution is 7.21. The Morgan fingerprint density at radius 2 is 1.75 bits per heavy atom. The van der Waals surface area contributed by atoms with Crippen LogP contribution in [0.4, 0.5) is 5.69 Å². The Kier molecular flexibility index (Phi) is 3.02. The summed E-state index contributed by atoms with van der Waals surface area (Å²) in [6, 6.07) is 14.5. The first-order chi connectivity index (χ1) is 9.45. The largest absolute Gasteiger partial charge is 0.398 e. The van der Waals surface area contributed by atoms with Crippen molar-refractivity contribution < 1.29 is 0 Å². The number of rotatable bonds is 1. The smallest absolute Gasteiger partial charge is 0.124 e. The number of aromatic nitrogens is 1. The van der Waals surface area contributed by atoms with Crippen LogP contribution in [0.2, 0.25) is 0 Å². The molecule has 0 aliphatic carbocycles. The molecule has 0 atom stereocenters. The van der Waals surface area contributed by atoms with Gasteiger partial charge in [0.15, 0.2) is 0 Å². The third kappa shape index (κ3) is 2.29. The van der Waals surface area contributed by atoms with Gasteiger partial charge in [0.25, 0.3) is 0 Å². The molecule has 0 radical (unpaired) electrons. The average Bonchev–Trinajstić information content (AvgIpc) is 2.80. The summed E-state index contributed by atoms with van der Waals surface area (Å²) in [7, 11) is 0. The summed E-state index contributed by atoms with van der Waals surface area (Å²) in [5.74, 6) is 0. The summed E-state index contributed by atoms with van der Waals surface area (Å²) in [6.07, 6.45) is 0. The lowest BCUT2D eigenvalue weighted by molar-refractivity contribution is 0.593. The molecule has 1 heterocycles. The van der Waals surface area contributed by atoms with Crippen molar-refractivity contribution in [2.45, 2.75) is 26.2 Å². The minimum absolute atomic E-state index is 0.0508. The van der Waals surface area contributed by atoms with E-state index in [9.17, 15) is 0 Å². The number of hydrogen-bond donors (Lipinski definition) is 1. The molecule has 1 aromatic heterocycles. The molecular formula is C17H18N2S. The van der Waals surface area contributed by atoms with Gasteiger partial charge in [-0.25, -0.2) is 4.98 Å². The van der Waals surface area contributed by atoms with Gasteiger partial charge in [0.1, 0.15) is 5.01 Å². The topological polar surface area (TPSA) is 38.9 Å². The zero-order valence-corrected chi connectivity index (χ0v) is 12.8. The zero-order valence-electron chi connectivity index (χ0n) is 12.0. The number of nitrogens with two attached hydrogens (primary N) is 1. The molecule has 102 valence electrons. The molecule has 0 aliphatic rings. The number of nitrogens with zero attached hydrogens (tertiary/aromatic N) is 1. The molecule has 0 aliphatic heterocycles. The van der Waals surface area contributed by atoms with Crippen molar-refractivity contribution in [2.75, 3.05) is 5.73 Å². The predicted octanol–water partition coefficient (Wildman–Crippen LogP) is 4.84. The van der Waals surface area contributed by atoms with Gasteiger partial charge in [-0.1, -0.05) is 51.1 Å². The van der Waals surface area contributed by atoms with Gasteiger partial charge in [0.2, 0.25) is 0 Å². The normalized spacial score (nSPS) is 11.9. The van der Waals surface area contributed by atoms with Crippen molar-refractivity contribution in [3.05, 3.63) is 48.0 Å². The Balaban J connectivity index is 2.17. The SMILES string of the molecule is CC(C)(C)c1cc2sc(-c3ccccc3)nc2cc1N. The van der Waals surface area contributed by atoms with Crippen LogP contribution in [0.15, 0.2) is 42.5 Å². The lowest BCUT2D eigenvalue weighted by Crippen LogP contribution is -2.13. The van der Waals surface area contributed by atoms with E-state index in [1.54, 1.807) is 11.3 Å². The molecule has 0 amide bonds. The first-order valence-corrected chi connectivity index (χ1v) is 7.53. The van der Waals surface area contributed by atoms with Gasteiger partial charge in [-0.05, 0) is 23.1 Å². The van der Waals surface area contributed by atoms with E-state index in [0.717, 1.165) is 21.8 Å². The van der Waals surface area contributed by atoms with Crippen LogP contribution in [0.3, 0.4) is 0 Å². The zero-order chi connectivity index (χ0) is 14.3. The lowest BCUT2D eigenvalue weighted by Gasteiger charge is -2.21. The van der Waals surface area contributed by atoms with E-state index in [2.05, 4.69) is 39.0 Å². The van der Waals surface area contributed by atoms with Crippen molar-refractivity contribution in [1.82, 2.24) is 4.98 Å². The van der Waals surface area contributed by atoms with Crippen LogP contribution >= 0.6 is 11.3 Å². The Morgan fingerprint density at radius 1 is 1.05 bits per heavy atom. The molecular weight excluding hydrogens is 264 g/mol. The number of benzene rings is 2. The molecule has 2 aromatic carbocycles. The van der Waals surface area contributed by atoms with Crippen molar-refractivity contribution >= 4 is 27.2 Å². The van der Waals surface area contributed by atoms with Crippen LogP contribution in [0.1, 0.15) is 26.3 Å². The van der Waals surface area contributed by atoms with Crippen molar-refractivity contribution in [3.63, 3.8) is 0 Å². The number of fused-ring (bicyclic) bond motifs is 1. The summed E-state index contributed by atoms with van der Waals surface area (Å²) >= 11 is 1.72. The minimum atomic E-state index is 0.0508. The van der Waals surface area contributed by atoms with E-state index in [4.69, 9.17) is 10.7 Å². The number of nitrogen functional groups attached to an aromatic ring is 1. The van der Waals surface area contributed by atoms with Gasteiger partial charge in [-0.2, -0.15) is 0 Å². The van der Waals surface area contributed by atoms with Gasteiger partial charge in [-0.15, -0.1) is 11.3 Å². The maximum Gasteiger partial charge on any atom is 0.124 e. The fourth-order valence-corrected chi connectivity index (χ4v) is 3.34. The second-order valence-electron chi connectivity index (χ2n) is 6.04. The molecule has 0 saturated carbocycles. The lowest BCUT2D eigenvalue weighted by atomic mass is 9.86. The maximum atomic E-state index is 6.19. The van der Waals surface area contributed by atoms with Gasteiger partial charge in [0, 0.05) is 11.3 Å². The molecule has 0 spiro atoms. The van der Waals surface area contributed by atoms with Crippen LogP contribution < -0.4 is 5.73 Å². The second-order valence-corrected chi connectivity index (χ2v) is 7.07. The Labute approximate surface area is 123 Å². The summed E-state index contributed by atoms with van der Waals surface area (Å²) < 4.78 is 1.20. The van der Waals surface area contributed by atoms with Crippen LogP contribution in [-0.2, 0) is 5.41 Å². The van der Waals surface area contributed by atoms with Crippen LogP contribution in [0.5, 0.6) is 0 Å². The number of hydrogen-bond acceptors (Lipinski definition) is 3. The van der Waals surface area contributed by atoms with Gasteiger partial charge < -0.3 is 5.73 Å². The maximum absolute atomic E-state index is 6.19. The molecule has 2 nitrogen and oxygen atoms in total. The first kappa shape index (κ1) is 13.1. The van der Waals surface area contributed by atoms with E-state index in [1.807, 2.05) is 24.3 Å². The van der Waals surface area contributed by atoms with E-state index in [0.29, 0.717) is 0 Å². The van der Waals surface area contributed by atoms with E-state index < -0.39 is 0 Å². The number of thiazole rings is 1. The molecule has 3 rings (SSSR count). The Hall–Kier alpha value is -1.87. The van der Waals surface area contributed by atoms with Crippen LogP contribution in [0.25, 0.3) is 20.8 Å². The number of anilines is 1. The quantitative estimate of drug-likeness (QED) is 0.648. The predicted molar refractivity (Wildman–Crippen MR) is 88.2 cm³/mol. The monoisotopic (exact) mass is 282 g/mol. The van der Waals surface area contributed by atoms with Gasteiger partial charge in [0.05, 0.1) is 10.2 Å². The minimum Gasteiger partial charge on any atom is -0.398 e. The third-order valence-corrected chi connectivity index (χ3v) is 4.46. The Morgan fingerprint density at radius 3 is 2.40 bits per heavy atom. The molecule has 0 fully saturated rings. The first-order valence-electron chi connectivity index (χ1n) is 6.71. The van der Waals surface area contributed by atoms with Gasteiger partial charge >= 0.3 is 0 Å². The summed E-state index contributed by atoms with van der Waals surface area (Å²) in [5, 5.41) is 1.05. The summed E-state index contributed by atoms with van der Waals surface area (Å²) in [5.41, 5.74) is 10.4. The molecule has 20 heavy (non-hydrogen) atoms. The summed E-state index contributed by atoms with van der Waals surface area (Å²) in [4.78, 5) is 4.71. The molecule has 0 saturated heterocycles. The fraction of sp³-hybridized carbons (Fsp3) is 0.235. The van der Waals surface area contributed by atoms with E-state index in [1.165, 1.54) is 10.3 Å². The molecule has 3 heteroatoms. The molecule has 0 unspecified atom stereocenters. The second kappa shape index (κ2) is 4.60. The van der Waals surface area contributed by atoms with E-state index >= 15 is 0 Å². The highest BCUT2D eigenvalue weighted by Crippen LogP contribution is 2.36. The van der Waals surface area contributed by atoms with Crippen LogP contribution in [-0.4, -0.2) is 4.98 Å². The molecule has 3 aromatic rings. The fourth-order valence-electron chi connectivity index (χ4n) is 2.34. The van der Waals surface area contributed by atoms with Crippen molar-refractivity contribution in [1.29, 1.82) is 0 Å². The average molecular weight is 282 g/mol. The highest BCUT2D eigenvalue weighted by atomic mass is 32.1. The van der Waals surface area contributed by atoms with Crippen molar-refractivity contribution in [3.8, 4) is 10.6 Å². The third-order valence-electron chi connectivity index (χ3n) is 3.39. The standard InChI is InChI=1S/C17H18N2S/c1-17(2,3)12-9-15-14(10-13(12)18)19-16(20-15)11-7-5-4-6-8-11/h4-10H,18H2,1-3H3. The Bertz CT molecular complexity index is 752.